The summed E-state index contributed by atoms with van der Waals surface area (Å²) in [5, 5.41) is 6.75. The van der Waals surface area contributed by atoms with Crippen LogP contribution in [0.15, 0.2) is 30.6 Å². The highest BCUT2D eigenvalue weighted by molar-refractivity contribution is 6.08. The molecule has 0 aliphatic rings. The van der Waals surface area contributed by atoms with Crippen LogP contribution < -0.4 is 16.6 Å². The Morgan fingerprint density at radius 3 is 2.83 bits per heavy atom. The van der Waals surface area contributed by atoms with E-state index in [1.165, 1.54) is 0 Å². The highest BCUT2D eigenvalue weighted by atomic mass is 16.1. The lowest BCUT2D eigenvalue weighted by Gasteiger charge is -2.09. The van der Waals surface area contributed by atoms with Gasteiger partial charge in [0, 0.05) is 13.2 Å². The molecule has 6 heteroatoms. The van der Waals surface area contributed by atoms with Gasteiger partial charge in [-0.15, -0.1) is 0 Å². The summed E-state index contributed by atoms with van der Waals surface area (Å²) in [7, 11) is 1.79. The minimum atomic E-state index is -0.223. The Kier molecular flexibility index (Phi) is 3.29. The smallest absolute Gasteiger partial charge is 0.257 e. The minimum absolute atomic E-state index is 0.223. The molecule has 0 saturated heterocycles. The molecule has 1 aromatic carbocycles. The van der Waals surface area contributed by atoms with Crippen LogP contribution >= 0.6 is 0 Å². The van der Waals surface area contributed by atoms with E-state index in [-0.39, 0.29) is 5.91 Å². The highest BCUT2D eigenvalue weighted by Crippen LogP contribution is 2.18. The molecule has 0 saturated carbocycles. The van der Waals surface area contributed by atoms with E-state index in [2.05, 4.69) is 15.8 Å². The van der Waals surface area contributed by atoms with Crippen LogP contribution in [0.4, 0.5) is 11.4 Å². The van der Waals surface area contributed by atoms with Crippen molar-refractivity contribution in [3.63, 3.8) is 0 Å². The number of hydrogen-bond acceptors (Lipinski definition) is 4. The predicted octanol–water partition coefficient (Wildman–Crippen LogP) is 1.27. The molecule has 1 heterocycles. The second kappa shape index (κ2) is 4.89. The van der Waals surface area contributed by atoms with Gasteiger partial charge in [0.15, 0.2) is 0 Å². The van der Waals surface area contributed by atoms with Gasteiger partial charge >= 0.3 is 0 Å². The van der Waals surface area contributed by atoms with Gasteiger partial charge in [0.2, 0.25) is 0 Å². The number of nitrogens with one attached hydrogen (secondary N) is 2. The number of nitrogen functional groups attached to an aromatic ring is 1. The van der Waals surface area contributed by atoms with Gasteiger partial charge in [-0.2, -0.15) is 5.10 Å². The van der Waals surface area contributed by atoms with Gasteiger partial charge in [-0.25, -0.2) is 0 Å². The van der Waals surface area contributed by atoms with Crippen LogP contribution in [-0.4, -0.2) is 15.7 Å². The molecule has 1 aromatic heterocycles. The second-order valence-electron chi connectivity index (χ2n) is 4.05. The number of amides is 1. The summed E-state index contributed by atoms with van der Waals surface area (Å²) in [4.78, 5) is 12.1. The third-order valence-corrected chi connectivity index (χ3v) is 2.54. The molecule has 6 nitrogen and oxygen atoms in total. The topological polar surface area (TPSA) is 85.0 Å². The molecule has 1 amide bonds. The summed E-state index contributed by atoms with van der Waals surface area (Å²) in [6, 6.07) is 5.43. The summed E-state index contributed by atoms with van der Waals surface area (Å²) >= 11 is 0. The molecule has 0 fully saturated rings. The van der Waals surface area contributed by atoms with Gasteiger partial charge in [-0.05, 0) is 19.1 Å². The number of carbonyl (C=O) groups excluding carboxylic acids is 1. The van der Waals surface area contributed by atoms with E-state index >= 15 is 0 Å². The number of nitrogens with two attached hydrogens (primary N) is 1. The van der Waals surface area contributed by atoms with E-state index in [0.717, 1.165) is 5.56 Å². The number of hydrogen-bond donors (Lipinski definition) is 3. The Hall–Kier alpha value is -2.34. The SMILES string of the molecule is Cc1ccc(NN)c(C(=O)Nc2cnn(C)c2)c1. The molecule has 18 heavy (non-hydrogen) atoms. The molecule has 94 valence electrons. The van der Waals surface area contributed by atoms with Crippen molar-refractivity contribution in [3.8, 4) is 0 Å². The van der Waals surface area contributed by atoms with Crippen LogP contribution in [0.25, 0.3) is 0 Å². The quantitative estimate of drug-likeness (QED) is 0.561. The summed E-state index contributed by atoms with van der Waals surface area (Å²) < 4.78 is 1.62. The van der Waals surface area contributed by atoms with Gasteiger partial charge in [0.05, 0.1) is 23.1 Å². The summed E-state index contributed by atoms with van der Waals surface area (Å²) in [5.74, 6) is 5.17. The van der Waals surface area contributed by atoms with Crippen LogP contribution in [0.1, 0.15) is 15.9 Å². The van der Waals surface area contributed by atoms with Crippen LogP contribution in [0.2, 0.25) is 0 Å². The summed E-state index contributed by atoms with van der Waals surface area (Å²) in [6.45, 7) is 1.92. The van der Waals surface area contributed by atoms with Crippen LogP contribution in [-0.2, 0) is 7.05 Å². The van der Waals surface area contributed by atoms with Crippen LogP contribution in [0.3, 0.4) is 0 Å². The maximum atomic E-state index is 12.1. The largest absolute Gasteiger partial charge is 0.323 e. The zero-order valence-electron chi connectivity index (χ0n) is 10.3. The molecule has 0 radical (unpaired) electrons. The normalized spacial score (nSPS) is 10.2. The number of benzene rings is 1. The van der Waals surface area contributed by atoms with Gasteiger partial charge in [-0.1, -0.05) is 11.6 Å². The van der Waals surface area contributed by atoms with E-state index in [9.17, 15) is 4.79 Å². The van der Waals surface area contributed by atoms with Gasteiger partial charge in [0.1, 0.15) is 0 Å². The van der Waals surface area contributed by atoms with E-state index in [1.54, 1.807) is 36.3 Å². The van der Waals surface area contributed by atoms with E-state index in [4.69, 9.17) is 5.84 Å². The number of aromatic nitrogens is 2. The first kappa shape index (κ1) is 12.1. The van der Waals surface area contributed by atoms with Crippen molar-refractivity contribution in [3.05, 3.63) is 41.7 Å². The number of hydrazine groups is 1. The van der Waals surface area contributed by atoms with Crippen molar-refractivity contribution in [1.82, 2.24) is 9.78 Å². The first-order valence-corrected chi connectivity index (χ1v) is 5.47. The third kappa shape index (κ3) is 2.49. The first-order valence-electron chi connectivity index (χ1n) is 5.47. The van der Waals surface area contributed by atoms with Crippen molar-refractivity contribution in [2.24, 2.45) is 12.9 Å². The number of anilines is 2. The maximum Gasteiger partial charge on any atom is 0.257 e. The maximum absolute atomic E-state index is 12.1. The van der Waals surface area contributed by atoms with Crippen LogP contribution in [0, 0.1) is 6.92 Å². The average Bonchev–Trinajstić information content (AvgIpc) is 2.74. The van der Waals surface area contributed by atoms with Crippen molar-refractivity contribution >= 4 is 17.3 Å². The summed E-state index contributed by atoms with van der Waals surface area (Å²) in [5.41, 5.74) is 5.24. The molecule has 0 unspecified atom stereocenters. The van der Waals surface area contributed by atoms with Crippen molar-refractivity contribution in [2.45, 2.75) is 6.92 Å². The second-order valence-corrected chi connectivity index (χ2v) is 4.05. The Morgan fingerprint density at radius 2 is 2.22 bits per heavy atom. The molecular formula is C12H15N5O. The average molecular weight is 245 g/mol. The number of rotatable bonds is 3. The molecular weight excluding hydrogens is 230 g/mol. The molecule has 0 spiro atoms. The fraction of sp³-hybridized carbons (Fsp3) is 0.167. The third-order valence-electron chi connectivity index (χ3n) is 2.54. The highest BCUT2D eigenvalue weighted by Gasteiger charge is 2.12. The van der Waals surface area contributed by atoms with Crippen molar-refractivity contribution < 1.29 is 4.79 Å². The Morgan fingerprint density at radius 1 is 1.44 bits per heavy atom. The predicted molar refractivity (Wildman–Crippen MR) is 70.2 cm³/mol. The van der Waals surface area contributed by atoms with Crippen LogP contribution in [0.5, 0.6) is 0 Å². The standard InChI is InChI=1S/C12H15N5O/c1-8-3-4-11(16-13)10(5-8)12(18)15-9-6-14-17(2)7-9/h3-7,16H,13H2,1-2H3,(H,15,18). The van der Waals surface area contributed by atoms with Crippen molar-refractivity contribution in [1.29, 1.82) is 0 Å². The van der Waals surface area contributed by atoms with Gasteiger partial charge in [-0.3, -0.25) is 15.3 Å². The van der Waals surface area contributed by atoms with E-state index in [1.807, 2.05) is 13.0 Å². The molecule has 0 bridgehead atoms. The number of carbonyl (C=O) groups is 1. The van der Waals surface area contributed by atoms with Crippen molar-refractivity contribution in [2.75, 3.05) is 10.7 Å². The molecule has 0 aliphatic heterocycles. The number of aryl methyl sites for hydroxylation is 2. The van der Waals surface area contributed by atoms with E-state index < -0.39 is 0 Å². The number of nitrogens with zero attached hydrogens (tertiary/aromatic N) is 2. The fourth-order valence-electron chi connectivity index (χ4n) is 1.66. The Labute approximate surface area is 105 Å². The lowest BCUT2D eigenvalue weighted by Crippen LogP contribution is -2.17. The Balaban J connectivity index is 2.25. The Bertz CT molecular complexity index is 576. The molecule has 0 aliphatic carbocycles. The zero-order chi connectivity index (χ0) is 13.1. The fourth-order valence-corrected chi connectivity index (χ4v) is 1.66. The first-order chi connectivity index (χ1) is 8.60. The zero-order valence-corrected chi connectivity index (χ0v) is 10.3. The summed E-state index contributed by atoms with van der Waals surface area (Å²) in [6.07, 6.45) is 3.31. The lowest BCUT2D eigenvalue weighted by atomic mass is 10.1. The van der Waals surface area contributed by atoms with Gasteiger partial charge in [0.25, 0.3) is 5.91 Å². The monoisotopic (exact) mass is 245 g/mol. The molecule has 2 rings (SSSR count). The van der Waals surface area contributed by atoms with Gasteiger partial charge < -0.3 is 10.7 Å². The molecule has 2 aromatic rings. The van der Waals surface area contributed by atoms with E-state index in [0.29, 0.717) is 16.9 Å². The molecule has 0 atom stereocenters. The minimum Gasteiger partial charge on any atom is -0.323 e. The molecule has 4 N–H and O–H groups in total. The lowest BCUT2D eigenvalue weighted by molar-refractivity contribution is 0.102.